The van der Waals surface area contributed by atoms with Gasteiger partial charge in [0.15, 0.2) is 0 Å². The Morgan fingerprint density at radius 2 is 2.00 bits per heavy atom. The number of hydrogen-bond donors (Lipinski definition) is 1. The van der Waals surface area contributed by atoms with Gasteiger partial charge in [0.2, 0.25) is 0 Å². The molecule has 0 atom stereocenters. The Morgan fingerprint density at radius 1 is 1.26 bits per heavy atom. The first-order valence-electron chi connectivity index (χ1n) is 5.95. The molecule has 0 aliphatic rings. The van der Waals surface area contributed by atoms with Gasteiger partial charge in [0.05, 0.1) is 6.42 Å². The summed E-state index contributed by atoms with van der Waals surface area (Å²) in [4.78, 5) is 0. The van der Waals surface area contributed by atoms with Crippen molar-refractivity contribution in [3.8, 4) is 0 Å². The zero-order chi connectivity index (χ0) is 14.0. The number of fused-ring (bicyclic) bond motifs is 1. The molecule has 19 heavy (non-hydrogen) atoms. The Balaban J connectivity index is 2.39. The fourth-order valence-corrected chi connectivity index (χ4v) is 2.29. The number of nitrogens with two attached hydrogens (primary N) is 1. The van der Waals surface area contributed by atoms with Crippen molar-refractivity contribution in [2.75, 3.05) is 6.54 Å². The van der Waals surface area contributed by atoms with Crippen molar-refractivity contribution in [2.45, 2.75) is 25.6 Å². The molecule has 2 aromatic rings. The molecule has 0 aliphatic heterocycles. The highest BCUT2D eigenvalue weighted by atomic mass is 35.5. The van der Waals surface area contributed by atoms with Crippen LogP contribution in [0.4, 0.5) is 13.2 Å². The van der Waals surface area contributed by atoms with Gasteiger partial charge in [-0.25, -0.2) is 0 Å². The molecule has 104 valence electrons. The molecule has 2 nitrogen and oxygen atoms in total. The lowest BCUT2D eigenvalue weighted by molar-refractivity contribution is -0.136. The molecule has 0 amide bonds. The molecular weight excluding hydrogens is 277 g/mol. The monoisotopic (exact) mass is 290 g/mol. The SMILES string of the molecule is NCCc1cn(CCC(F)(F)F)c2cc(Cl)ccc12. The van der Waals surface area contributed by atoms with Crippen LogP contribution in [0.15, 0.2) is 24.4 Å². The first kappa shape index (κ1) is 14.2. The van der Waals surface area contributed by atoms with E-state index in [1.54, 1.807) is 22.9 Å². The average Bonchev–Trinajstić information content (AvgIpc) is 2.64. The van der Waals surface area contributed by atoms with E-state index in [1.165, 1.54) is 0 Å². The Kier molecular flexibility index (Phi) is 4.06. The van der Waals surface area contributed by atoms with Crippen molar-refractivity contribution in [1.82, 2.24) is 4.57 Å². The van der Waals surface area contributed by atoms with E-state index in [-0.39, 0.29) is 6.54 Å². The molecule has 1 aromatic carbocycles. The molecule has 0 bridgehead atoms. The predicted molar refractivity (Wildman–Crippen MR) is 70.4 cm³/mol. The minimum Gasteiger partial charge on any atom is -0.347 e. The van der Waals surface area contributed by atoms with Crippen LogP contribution in [0.25, 0.3) is 10.9 Å². The van der Waals surface area contributed by atoms with E-state index in [2.05, 4.69) is 0 Å². The summed E-state index contributed by atoms with van der Waals surface area (Å²) in [5, 5.41) is 1.43. The first-order chi connectivity index (χ1) is 8.90. The minimum absolute atomic E-state index is 0.106. The summed E-state index contributed by atoms with van der Waals surface area (Å²) in [7, 11) is 0. The fraction of sp³-hybridized carbons (Fsp3) is 0.385. The van der Waals surface area contributed by atoms with Crippen LogP contribution in [-0.2, 0) is 13.0 Å². The zero-order valence-electron chi connectivity index (χ0n) is 10.2. The van der Waals surface area contributed by atoms with Crippen molar-refractivity contribution < 1.29 is 13.2 Å². The van der Waals surface area contributed by atoms with Gasteiger partial charge in [0, 0.05) is 28.7 Å². The van der Waals surface area contributed by atoms with Gasteiger partial charge in [-0.15, -0.1) is 0 Å². The van der Waals surface area contributed by atoms with Gasteiger partial charge in [0.25, 0.3) is 0 Å². The molecule has 0 aliphatic carbocycles. The van der Waals surface area contributed by atoms with Crippen molar-refractivity contribution in [2.24, 2.45) is 5.73 Å². The topological polar surface area (TPSA) is 30.9 Å². The van der Waals surface area contributed by atoms with Crippen LogP contribution < -0.4 is 5.73 Å². The van der Waals surface area contributed by atoms with Crippen molar-refractivity contribution >= 4 is 22.5 Å². The highest BCUT2D eigenvalue weighted by molar-refractivity contribution is 6.31. The maximum atomic E-state index is 12.3. The van der Waals surface area contributed by atoms with Gasteiger partial charge < -0.3 is 10.3 Å². The average molecular weight is 291 g/mol. The number of benzene rings is 1. The van der Waals surface area contributed by atoms with Crippen LogP contribution in [0.3, 0.4) is 0 Å². The number of aryl methyl sites for hydroxylation is 1. The summed E-state index contributed by atoms with van der Waals surface area (Å²) in [6.07, 6.45) is -2.65. The van der Waals surface area contributed by atoms with Crippen LogP contribution in [0.2, 0.25) is 5.02 Å². The maximum absolute atomic E-state index is 12.3. The molecule has 6 heteroatoms. The van der Waals surface area contributed by atoms with Crippen molar-refractivity contribution in [1.29, 1.82) is 0 Å². The summed E-state index contributed by atoms with van der Waals surface area (Å²) in [6.45, 7) is 0.353. The second kappa shape index (κ2) is 5.43. The number of nitrogens with zero attached hydrogens (tertiary/aromatic N) is 1. The van der Waals surface area contributed by atoms with E-state index in [9.17, 15) is 13.2 Å². The second-order valence-electron chi connectivity index (χ2n) is 4.41. The van der Waals surface area contributed by atoms with E-state index in [4.69, 9.17) is 17.3 Å². The van der Waals surface area contributed by atoms with E-state index in [0.717, 1.165) is 16.5 Å². The first-order valence-corrected chi connectivity index (χ1v) is 6.32. The van der Waals surface area contributed by atoms with Crippen LogP contribution in [0.5, 0.6) is 0 Å². The summed E-state index contributed by atoms with van der Waals surface area (Å²) < 4.78 is 38.5. The number of halogens is 4. The molecular formula is C13H14ClF3N2. The Bertz CT molecular complexity index is 575. The van der Waals surface area contributed by atoms with Gasteiger partial charge in [-0.2, -0.15) is 13.2 Å². The molecule has 2 N–H and O–H groups in total. The van der Waals surface area contributed by atoms with Crippen LogP contribution in [-0.4, -0.2) is 17.3 Å². The number of aromatic nitrogens is 1. The number of alkyl halides is 3. The van der Waals surface area contributed by atoms with Crippen LogP contribution in [0, 0.1) is 0 Å². The van der Waals surface area contributed by atoms with E-state index in [0.29, 0.717) is 18.0 Å². The molecule has 0 radical (unpaired) electrons. The molecule has 0 saturated heterocycles. The maximum Gasteiger partial charge on any atom is 0.390 e. The molecule has 0 unspecified atom stereocenters. The standard InChI is InChI=1S/C13H14ClF3N2/c14-10-1-2-11-9(3-5-18)8-19(12(11)7-10)6-4-13(15,16)17/h1-2,7-8H,3-6,18H2. The Labute approximate surface area is 113 Å². The number of hydrogen-bond acceptors (Lipinski definition) is 1. The summed E-state index contributed by atoms with van der Waals surface area (Å²) in [5.74, 6) is 0. The third kappa shape index (κ3) is 3.42. The predicted octanol–water partition coefficient (Wildman–Crippen LogP) is 3.75. The second-order valence-corrected chi connectivity index (χ2v) is 4.85. The largest absolute Gasteiger partial charge is 0.390 e. The third-order valence-corrected chi connectivity index (χ3v) is 3.21. The lowest BCUT2D eigenvalue weighted by Crippen LogP contribution is -2.11. The summed E-state index contributed by atoms with van der Waals surface area (Å²) in [5.41, 5.74) is 7.20. The molecule has 0 fully saturated rings. The molecule has 0 saturated carbocycles. The van der Waals surface area contributed by atoms with Crippen molar-refractivity contribution in [3.05, 3.63) is 35.0 Å². The number of rotatable bonds is 4. The lowest BCUT2D eigenvalue weighted by Gasteiger charge is -2.08. The van der Waals surface area contributed by atoms with Gasteiger partial charge >= 0.3 is 6.18 Å². The van der Waals surface area contributed by atoms with Crippen molar-refractivity contribution in [3.63, 3.8) is 0 Å². The van der Waals surface area contributed by atoms with Gasteiger partial charge in [-0.3, -0.25) is 0 Å². The molecule has 2 rings (SSSR count). The summed E-state index contributed by atoms with van der Waals surface area (Å²) in [6, 6.07) is 5.25. The van der Waals surface area contributed by atoms with E-state index >= 15 is 0 Å². The minimum atomic E-state index is -4.16. The van der Waals surface area contributed by atoms with Crippen LogP contribution >= 0.6 is 11.6 Å². The van der Waals surface area contributed by atoms with E-state index in [1.807, 2.05) is 6.07 Å². The fourth-order valence-electron chi connectivity index (χ4n) is 2.13. The Morgan fingerprint density at radius 3 is 2.63 bits per heavy atom. The van der Waals surface area contributed by atoms with Gasteiger partial charge in [0.1, 0.15) is 0 Å². The highest BCUT2D eigenvalue weighted by Crippen LogP contribution is 2.27. The summed E-state index contributed by atoms with van der Waals surface area (Å²) >= 11 is 5.91. The normalized spacial score (nSPS) is 12.3. The van der Waals surface area contributed by atoms with Gasteiger partial charge in [-0.1, -0.05) is 17.7 Å². The highest BCUT2D eigenvalue weighted by Gasteiger charge is 2.27. The third-order valence-electron chi connectivity index (χ3n) is 2.98. The molecule has 0 spiro atoms. The zero-order valence-corrected chi connectivity index (χ0v) is 10.9. The quantitative estimate of drug-likeness (QED) is 0.913. The van der Waals surface area contributed by atoms with Crippen LogP contribution in [0.1, 0.15) is 12.0 Å². The lowest BCUT2D eigenvalue weighted by atomic mass is 10.1. The Hall–Kier alpha value is -1.20. The van der Waals surface area contributed by atoms with E-state index < -0.39 is 12.6 Å². The molecule has 1 heterocycles. The van der Waals surface area contributed by atoms with Gasteiger partial charge in [-0.05, 0) is 30.7 Å². The molecule has 1 aromatic heterocycles. The smallest absolute Gasteiger partial charge is 0.347 e.